The second-order valence-electron chi connectivity index (χ2n) is 6.87. The number of benzene rings is 2. The lowest BCUT2D eigenvalue weighted by molar-refractivity contribution is -0.127. The zero-order valence-electron chi connectivity index (χ0n) is 15.8. The summed E-state index contributed by atoms with van der Waals surface area (Å²) < 4.78 is 13.9. The van der Waals surface area contributed by atoms with Crippen LogP contribution in [0, 0.1) is 25.6 Å². The molecule has 0 aromatic heterocycles. The summed E-state index contributed by atoms with van der Waals surface area (Å²) in [6.45, 7) is 3.75. The highest BCUT2D eigenvalue weighted by Crippen LogP contribution is 2.27. The number of hydrogen-bond donors (Lipinski definition) is 2. The van der Waals surface area contributed by atoms with Gasteiger partial charge in [0.2, 0.25) is 17.7 Å². The highest BCUT2D eigenvalue weighted by molar-refractivity contribution is 6.01. The van der Waals surface area contributed by atoms with E-state index in [9.17, 15) is 18.8 Å². The van der Waals surface area contributed by atoms with Crippen LogP contribution in [0.2, 0.25) is 0 Å². The number of amides is 3. The normalized spacial score (nSPS) is 16.2. The fourth-order valence-electron chi connectivity index (χ4n) is 3.18. The van der Waals surface area contributed by atoms with Crippen molar-refractivity contribution in [1.82, 2.24) is 5.32 Å². The molecule has 28 heavy (non-hydrogen) atoms. The van der Waals surface area contributed by atoms with Crippen LogP contribution in [-0.2, 0) is 14.4 Å². The Labute approximate surface area is 162 Å². The van der Waals surface area contributed by atoms with E-state index in [1.54, 1.807) is 12.1 Å². The first-order valence-corrected chi connectivity index (χ1v) is 9.05. The Bertz CT molecular complexity index is 929. The predicted octanol–water partition coefficient (Wildman–Crippen LogP) is 2.55. The van der Waals surface area contributed by atoms with Gasteiger partial charge in [-0.05, 0) is 43.2 Å². The van der Waals surface area contributed by atoms with Crippen LogP contribution in [0.25, 0.3) is 0 Å². The quantitative estimate of drug-likeness (QED) is 0.833. The van der Waals surface area contributed by atoms with Gasteiger partial charge in [0.1, 0.15) is 5.82 Å². The fraction of sp³-hybridized carbons (Fsp3) is 0.286. The van der Waals surface area contributed by atoms with Crippen molar-refractivity contribution in [3.05, 3.63) is 59.4 Å². The Kier molecular flexibility index (Phi) is 5.73. The Hall–Kier alpha value is -3.22. The van der Waals surface area contributed by atoms with Crippen LogP contribution in [0.15, 0.2) is 42.5 Å². The van der Waals surface area contributed by atoms with Crippen LogP contribution in [0.1, 0.15) is 17.5 Å². The molecule has 146 valence electrons. The second kappa shape index (κ2) is 8.21. The molecule has 0 radical (unpaired) electrons. The number of carbonyl (C=O) groups excluding carboxylic acids is 3. The molecule has 0 saturated carbocycles. The lowest BCUT2D eigenvalue weighted by Gasteiger charge is -2.17. The van der Waals surface area contributed by atoms with Crippen LogP contribution >= 0.6 is 0 Å². The van der Waals surface area contributed by atoms with E-state index in [0.717, 1.165) is 11.1 Å². The maximum Gasteiger partial charge on any atom is 0.243 e. The first-order valence-electron chi connectivity index (χ1n) is 9.05. The van der Waals surface area contributed by atoms with Crippen molar-refractivity contribution in [3.63, 3.8) is 0 Å². The van der Waals surface area contributed by atoms with Gasteiger partial charge in [-0.25, -0.2) is 4.39 Å². The summed E-state index contributed by atoms with van der Waals surface area (Å²) >= 11 is 0. The average Bonchev–Trinajstić information content (AvgIpc) is 3.05. The van der Waals surface area contributed by atoms with Gasteiger partial charge in [0.05, 0.1) is 18.2 Å². The molecule has 1 heterocycles. The van der Waals surface area contributed by atoms with Crippen molar-refractivity contribution in [2.24, 2.45) is 5.92 Å². The van der Waals surface area contributed by atoms with Gasteiger partial charge in [0, 0.05) is 18.7 Å². The lowest BCUT2D eigenvalue weighted by Crippen LogP contribution is -2.38. The minimum atomic E-state index is -0.624. The summed E-state index contributed by atoms with van der Waals surface area (Å²) in [7, 11) is 0. The maximum absolute atomic E-state index is 13.9. The van der Waals surface area contributed by atoms with Gasteiger partial charge in [0.15, 0.2) is 0 Å². The van der Waals surface area contributed by atoms with Gasteiger partial charge < -0.3 is 15.5 Å². The largest absolute Gasteiger partial charge is 0.347 e. The first kappa shape index (κ1) is 19.5. The standard InChI is InChI=1S/C21H22FN3O3/c1-13-6-5-8-17(14(13)2)24-19(26)11-23-21(28)15-10-20(27)25(12-15)18-9-4-3-7-16(18)22/h3-9,15H,10-12H2,1-2H3,(H,23,28)(H,24,26)/t15-/m0/s1. The molecule has 0 bridgehead atoms. The number of nitrogens with one attached hydrogen (secondary N) is 2. The predicted molar refractivity (Wildman–Crippen MR) is 104 cm³/mol. The summed E-state index contributed by atoms with van der Waals surface area (Å²) in [4.78, 5) is 38.0. The molecule has 0 aliphatic carbocycles. The SMILES string of the molecule is Cc1cccc(NC(=O)CNC(=O)[C@H]2CC(=O)N(c3ccccc3F)C2)c1C. The number of carbonyl (C=O) groups is 3. The Balaban J connectivity index is 1.55. The molecule has 1 fully saturated rings. The molecule has 1 saturated heterocycles. The third kappa shape index (κ3) is 4.19. The molecule has 7 heteroatoms. The van der Waals surface area contributed by atoms with Crippen molar-refractivity contribution in [2.75, 3.05) is 23.3 Å². The van der Waals surface area contributed by atoms with Gasteiger partial charge in [-0.1, -0.05) is 24.3 Å². The Morgan fingerprint density at radius 2 is 1.89 bits per heavy atom. The van der Waals surface area contributed by atoms with E-state index in [4.69, 9.17) is 0 Å². The lowest BCUT2D eigenvalue weighted by atomic mass is 10.1. The Morgan fingerprint density at radius 3 is 2.64 bits per heavy atom. The van der Waals surface area contributed by atoms with E-state index >= 15 is 0 Å². The number of halogens is 1. The highest BCUT2D eigenvalue weighted by Gasteiger charge is 2.36. The number of anilines is 2. The third-order valence-electron chi connectivity index (χ3n) is 4.94. The fourth-order valence-corrected chi connectivity index (χ4v) is 3.18. The number of aryl methyl sites for hydroxylation is 1. The van der Waals surface area contributed by atoms with Crippen molar-refractivity contribution in [2.45, 2.75) is 20.3 Å². The molecule has 1 aliphatic rings. The van der Waals surface area contributed by atoms with Crippen LogP contribution in [0.4, 0.5) is 15.8 Å². The second-order valence-corrected chi connectivity index (χ2v) is 6.87. The summed E-state index contributed by atoms with van der Waals surface area (Å²) in [6, 6.07) is 11.5. The van der Waals surface area contributed by atoms with E-state index in [1.165, 1.54) is 23.1 Å². The maximum atomic E-state index is 13.9. The zero-order chi connectivity index (χ0) is 20.3. The molecule has 1 atom stereocenters. The molecular formula is C21H22FN3O3. The molecular weight excluding hydrogens is 361 g/mol. The molecule has 0 unspecified atom stereocenters. The van der Waals surface area contributed by atoms with E-state index in [0.29, 0.717) is 5.69 Å². The van der Waals surface area contributed by atoms with Crippen molar-refractivity contribution < 1.29 is 18.8 Å². The average molecular weight is 383 g/mol. The molecule has 3 amide bonds. The molecule has 3 rings (SSSR count). The molecule has 2 aromatic rings. The van der Waals surface area contributed by atoms with Gasteiger partial charge >= 0.3 is 0 Å². The third-order valence-corrected chi connectivity index (χ3v) is 4.94. The number of para-hydroxylation sites is 1. The molecule has 6 nitrogen and oxygen atoms in total. The summed E-state index contributed by atoms with van der Waals surface area (Å²) in [6.07, 6.45) is -0.0151. The molecule has 2 aromatic carbocycles. The first-order chi connectivity index (χ1) is 13.4. The van der Waals surface area contributed by atoms with E-state index in [1.807, 2.05) is 26.0 Å². The van der Waals surface area contributed by atoms with Crippen LogP contribution < -0.4 is 15.5 Å². The molecule has 2 N–H and O–H groups in total. The van der Waals surface area contributed by atoms with E-state index < -0.39 is 17.6 Å². The number of rotatable bonds is 5. The van der Waals surface area contributed by atoms with E-state index in [-0.39, 0.29) is 37.0 Å². The van der Waals surface area contributed by atoms with Crippen LogP contribution in [0.3, 0.4) is 0 Å². The van der Waals surface area contributed by atoms with Gasteiger partial charge in [-0.15, -0.1) is 0 Å². The van der Waals surface area contributed by atoms with E-state index in [2.05, 4.69) is 10.6 Å². The van der Waals surface area contributed by atoms with Crippen molar-refractivity contribution in [3.8, 4) is 0 Å². The van der Waals surface area contributed by atoms with Crippen molar-refractivity contribution >= 4 is 29.1 Å². The van der Waals surface area contributed by atoms with Gasteiger partial charge in [0.25, 0.3) is 0 Å². The smallest absolute Gasteiger partial charge is 0.243 e. The Morgan fingerprint density at radius 1 is 1.14 bits per heavy atom. The number of hydrogen-bond acceptors (Lipinski definition) is 3. The van der Waals surface area contributed by atoms with Crippen LogP contribution in [0.5, 0.6) is 0 Å². The summed E-state index contributed by atoms with van der Waals surface area (Å²) in [5.74, 6) is -2.20. The van der Waals surface area contributed by atoms with Gasteiger partial charge in [-0.2, -0.15) is 0 Å². The van der Waals surface area contributed by atoms with Gasteiger partial charge in [-0.3, -0.25) is 14.4 Å². The summed E-state index contributed by atoms with van der Waals surface area (Å²) in [5, 5.41) is 5.33. The summed E-state index contributed by atoms with van der Waals surface area (Å²) in [5.41, 5.74) is 2.88. The molecule has 1 aliphatic heterocycles. The minimum Gasteiger partial charge on any atom is -0.347 e. The van der Waals surface area contributed by atoms with Crippen LogP contribution in [-0.4, -0.2) is 30.8 Å². The number of nitrogens with zero attached hydrogens (tertiary/aromatic N) is 1. The van der Waals surface area contributed by atoms with Crippen molar-refractivity contribution in [1.29, 1.82) is 0 Å². The highest BCUT2D eigenvalue weighted by atomic mass is 19.1. The topological polar surface area (TPSA) is 78.5 Å². The monoisotopic (exact) mass is 383 g/mol. The molecule has 0 spiro atoms. The zero-order valence-corrected chi connectivity index (χ0v) is 15.8. The minimum absolute atomic E-state index is 0.0151.